The van der Waals surface area contributed by atoms with E-state index in [0.29, 0.717) is 25.3 Å². The second-order valence-electron chi connectivity index (χ2n) is 2.96. The molecule has 0 aliphatic heterocycles. The van der Waals surface area contributed by atoms with E-state index in [-0.39, 0.29) is 11.2 Å². The number of nitrogens with zero attached hydrogens (tertiary/aromatic N) is 3. The van der Waals surface area contributed by atoms with Crippen LogP contribution in [0.1, 0.15) is 13.3 Å². The van der Waals surface area contributed by atoms with Crippen molar-refractivity contribution >= 4 is 11.5 Å². The Morgan fingerprint density at radius 2 is 2.47 bits per heavy atom. The van der Waals surface area contributed by atoms with E-state index in [1.165, 1.54) is 6.33 Å². The fraction of sp³-hybridized carbons (Fsp3) is 0.444. The summed E-state index contributed by atoms with van der Waals surface area (Å²) in [5.74, 6) is 0.441. The summed E-state index contributed by atoms with van der Waals surface area (Å²) in [5.41, 5.74) is 5.34. The Balaban J connectivity index is 2.97. The maximum atomic E-state index is 11.2. The first-order valence-electron chi connectivity index (χ1n) is 4.65. The van der Waals surface area contributed by atoms with Gasteiger partial charge >= 0.3 is 0 Å². The predicted octanol–water partition coefficient (Wildman–Crippen LogP) is 0.0921. The van der Waals surface area contributed by atoms with Crippen molar-refractivity contribution < 1.29 is 0 Å². The molecule has 0 aromatic carbocycles. The van der Waals surface area contributed by atoms with Crippen LogP contribution in [-0.4, -0.2) is 23.1 Å². The number of hydrogen-bond acceptors (Lipinski definition) is 5. The van der Waals surface area contributed by atoms with Crippen LogP contribution < -0.4 is 16.2 Å². The number of hydrogen-bond donors (Lipinski definition) is 2. The molecule has 0 saturated carbocycles. The second-order valence-corrected chi connectivity index (χ2v) is 2.96. The highest BCUT2D eigenvalue weighted by Gasteiger charge is 2.11. The molecular formula is C9H13N5O. The Kier molecular flexibility index (Phi) is 3.68. The van der Waals surface area contributed by atoms with Gasteiger partial charge in [0.05, 0.1) is 18.8 Å². The number of nitriles is 1. The summed E-state index contributed by atoms with van der Waals surface area (Å²) in [5, 5.41) is 8.49. The van der Waals surface area contributed by atoms with Crippen LogP contribution in [0.25, 0.3) is 0 Å². The molecule has 6 heteroatoms. The quantitative estimate of drug-likeness (QED) is 0.729. The number of nitrogens with one attached hydrogen (secondary N) is 1. The SMILES string of the molecule is CCN(CCC#N)c1nc[nH]c(=O)c1N. The molecule has 0 radical (unpaired) electrons. The largest absolute Gasteiger partial charge is 0.391 e. The molecule has 1 aromatic heterocycles. The van der Waals surface area contributed by atoms with E-state index in [9.17, 15) is 4.79 Å². The van der Waals surface area contributed by atoms with Gasteiger partial charge in [0, 0.05) is 13.1 Å². The zero-order valence-corrected chi connectivity index (χ0v) is 8.53. The van der Waals surface area contributed by atoms with E-state index in [1.807, 2.05) is 13.0 Å². The molecule has 1 heterocycles. The highest BCUT2D eigenvalue weighted by atomic mass is 16.1. The molecule has 0 aliphatic carbocycles. The van der Waals surface area contributed by atoms with Crippen LogP contribution in [0.4, 0.5) is 11.5 Å². The highest BCUT2D eigenvalue weighted by Crippen LogP contribution is 2.14. The zero-order chi connectivity index (χ0) is 11.3. The minimum absolute atomic E-state index is 0.0947. The van der Waals surface area contributed by atoms with E-state index in [4.69, 9.17) is 11.0 Å². The van der Waals surface area contributed by atoms with E-state index < -0.39 is 0 Å². The first-order valence-corrected chi connectivity index (χ1v) is 4.65. The number of aromatic nitrogens is 2. The van der Waals surface area contributed by atoms with E-state index in [1.54, 1.807) is 4.90 Å². The monoisotopic (exact) mass is 207 g/mol. The van der Waals surface area contributed by atoms with Gasteiger partial charge in [-0.25, -0.2) is 4.98 Å². The van der Waals surface area contributed by atoms with Crippen LogP contribution in [-0.2, 0) is 0 Å². The molecule has 0 bridgehead atoms. The first-order chi connectivity index (χ1) is 7.20. The normalized spacial score (nSPS) is 9.60. The minimum Gasteiger partial charge on any atom is -0.391 e. The van der Waals surface area contributed by atoms with Crippen molar-refractivity contribution in [3.05, 3.63) is 16.7 Å². The minimum atomic E-state index is -0.351. The Morgan fingerprint density at radius 1 is 1.73 bits per heavy atom. The summed E-state index contributed by atoms with van der Waals surface area (Å²) < 4.78 is 0. The summed E-state index contributed by atoms with van der Waals surface area (Å²) >= 11 is 0. The molecule has 1 rings (SSSR count). The standard InChI is InChI=1S/C9H13N5O/c1-2-14(5-3-4-10)8-7(11)9(15)13-6-12-8/h6H,2-3,5,11H2,1H3,(H,12,13,15). The summed E-state index contributed by atoms with van der Waals surface area (Å²) in [6.45, 7) is 3.09. The average molecular weight is 207 g/mol. The van der Waals surface area contributed by atoms with Crippen LogP contribution in [0.2, 0.25) is 0 Å². The third kappa shape index (κ3) is 2.47. The van der Waals surface area contributed by atoms with Gasteiger partial charge in [0.2, 0.25) is 0 Å². The van der Waals surface area contributed by atoms with Gasteiger partial charge in [-0.05, 0) is 6.92 Å². The van der Waals surface area contributed by atoms with Gasteiger partial charge in [-0.3, -0.25) is 4.79 Å². The number of nitrogens with two attached hydrogens (primary N) is 1. The van der Waals surface area contributed by atoms with Gasteiger partial charge in [0.15, 0.2) is 5.82 Å². The lowest BCUT2D eigenvalue weighted by Crippen LogP contribution is -2.28. The van der Waals surface area contributed by atoms with Crippen molar-refractivity contribution in [3.8, 4) is 6.07 Å². The fourth-order valence-corrected chi connectivity index (χ4v) is 1.25. The lowest BCUT2D eigenvalue weighted by molar-refractivity contribution is 0.807. The zero-order valence-electron chi connectivity index (χ0n) is 8.53. The fourth-order valence-electron chi connectivity index (χ4n) is 1.25. The van der Waals surface area contributed by atoms with Crippen molar-refractivity contribution in [1.82, 2.24) is 9.97 Å². The molecule has 6 nitrogen and oxygen atoms in total. The number of H-pyrrole nitrogens is 1. The van der Waals surface area contributed by atoms with Gasteiger partial charge in [-0.15, -0.1) is 0 Å². The summed E-state index contributed by atoms with van der Waals surface area (Å²) in [6, 6.07) is 2.04. The van der Waals surface area contributed by atoms with Crippen molar-refractivity contribution in [2.24, 2.45) is 0 Å². The lowest BCUT2D eigenvalue weighted by Gasteiger charge is -2.21. The van der Waals surface area contributed by atoms with E-state index in [0.717, 1.165) is 0 Å². The van der Waals surface area contributed by atoms with Gasteiger partial charge < -0.3 is 15.6 Å². The van der Waals surface area contributed by atoms with Crippen LogP contribution >= 0.6 is 0 Å². The van der Waals surface area contributed by atoms with Crippen LogP contribution in [0.3, 0.4) is 0 Å². The number of anilines is 2. The topological polar surface area (TPSA) is 98.8 Å². The van der Waals surface area contributed by atoms with E-state index >= 15 is 0 Å². The Labute approximate surface area is 87.3 Å². The number of rotatable bonds is 4. The molecule has 0 aliphatic rings. The lowest BCUT2D eigenvalue weighted by atomic mass is 10.3. The average Bonchev–Trinajstić information content (AvgIpc) is 2.25. The van der Waals surface area contributed by atoms with Crippen molar-refractivity contribution in [1.29, 1.82) is 5.26 Å². The molecule has 0 saturated heterocycles. The first kappa shape index (κ1) is 11.0. The van der Waals surface area contributed by atoms with Crippen LogP contribution in [0.15, 0.2) is 11.1 Å². The third-order valence-electron chi connectivity index (χ3n) is 2.04. The molecule has 1 aromatic rings. The molecule has 0 unspecified atom stereocenters. The Bertz CT molecular complexity index is 419. The summed E-state index contributed by atoms with van der Waals surface area (Å²) in [4.78, 5) is 19.4. The predicted molar refractivity (Wildman–Crippen MR) is 57.4 cm³/mol. The van der Waals surface area contributed by atoms with Gasteiger partial charge in [0.25, 0.3) is 5.56 Å². The van der Waals surface area contributed by atoms with Crippen molar-refractivity contribution in [2.75, 3.05) is 23.7 Å². The van der Waals surface area contributed by atoms with Gasteiger partial charge in [-0.2, -0.15) is 5.26 Å². The highest BCUT2D eigenvalue weighted by molar-refractivity contribution is 5.60. The van der Waals surface area contributed by atoms with Gasteiger partial charge in [0.1, 0.15) is 5.69 Å². The second kappa shape index (κ2) is 5.00. The molecule has 0 spiro atoms. The maximum Gasteiger partial charge on any atom is 0.276 e. The van der Waals surface area contributed by atoms with Crippen molar-refractivity contribution in [3.63, 3.8) is 0 Å². The maximum absolute atomic E-state index is 11.2. The molecule has 0 fully saturated rings. The Hall–Kier alpha value is -2.03. The van der Waals surface area contributed by atoms with Crippen LogP contribution in [0.5, 0.6) is 0 Å². The molecular weight excluding hydrogens is 194 g/mol. The van der Waals surface area contributed by atoms with Gasteiger partial charge in [-0.1, -0.05) is 0 Å². The molecule has 0 amide bonds. The smallest absolute Gasteiger partial charge is 0.276 e. The molecule has 3 N–H and O–H groups in total. The summed E-state index contributed by atoms with van der Waals surface area (Å²) in [6.07, 6.45) is 1.69. The van der Waals surface area contributed by atoms with Crippen molar-refractivity contribution in [2.45, 2.75) is 13.3 Å². The summed E-state index contributed by atoms with van der Waals surface area (Å²) in [7, 11) is 0. The third-order valence-corrected chi connectivity index (χ3v) is 2.04. The Morgan fingerprint density at radius 3 is 3.07 bits per heavy atom. The molecule has 0 atom stereocenters. The molecule has 15 heavy (non-hydrogen) atoms. The van der Waals surface area contributed by atoms with E-state index in [2.05, 4.69) is 9.97 Å². The van der Waals surface area contributed by atoms with Crippen LogP contribution in [0, 0.1) is 11.3 Å². The number of nitrogen functional groups attached to an aromatic ring is 1. The number of aromatic amines is 1. The molecule has 80 valence electrons.